The van der Waals surface area contributed by atoms with Crippen LogP contribution in [0.3, 0.4) is 0 Å². The van der Waals surface area contributed by atoms with Gasteiger partial charge in [0.05, 0.1) is 24.0 Å². The van der Waals surface area contributed by atoms with Crippen molar-refractivity contribution in [1.82, 2.24) is 25.9 Å². The molecule has 0 saturated carbocycles. The fourth-order valence-corrected chi connectivity index (χ4v) is 3.43. The monoisotopic (exact) mass is 491 g/mol. The fourth-order valence-electron chi connectivity index (χ4n) is 3.43. The van der Waals surface area contributed by atoms with Crippen molar-refractivity contribution in [2.45, 2.75) is 6.54 Å². The maximum absolute atomic E-state index is 13.7. The van der Waals surface area contributed by atoms with Gasteiger partial charge in [-0.1, -0.05) is 48.5 Å². The maximum Gasteiger partial charge on any atom is 0.290 e. The van der Waals surface area contributed by atoms with Crippen molar-refractivity contribution in [3.05, 3.63) is 112 Å². The number of nitrogens with one attached hydrogen (secondary N) is 3. The van der Waals surface area contributed by atoms with Gasteiger partial charge in [-0.3, -0.25) is 30.0 Å². The van der Waals surface area contributed by atoms with Gasteiger partial charge in [-0.05, 0) is 23.8 Å². The Kier molecular flexibility index (Phi) is 7.10. The third-order valence-corrected chi connectivity index (χ3v) is 5.16. The molecule has 3 amide bonds. The van der Waals surface area contributed by atoms with Crippen molar-refractivity contribution < 1.29 is 23.2 Å². The quantitative estimate of drug-likeness (QED) is 0.356. The highest BCUT2D eigenvalue weighted by Crippen LogP contribution is 2.14. The number of fused-ring (bicyclic) bond motifs is 1. The van der Waals surface area contributed by atoms with Gasteiger partial charge in [0.2, 0.25) is 0 Å². The molecule has 0 spiro atoms. The Morgan fingerprint density at radius 1 is 0.833 bits per heavy atom. The average Bonchev–Trinajstić information content (AvgIpc) is 2.88. The van der Waals surface area contributed by atoms with Gasteiger partial charge in [0.1, 0.15) is 11.6 Å². The predicted octanol–water partition coefficient (Wildman–Crippen LogP) is 1.91. The first kappa shape index (κ1) is 24.2. The minimum atomic E-state index is -1.08. The lowest BCUT2D eigenvalue weighted by Gasteiger charge is -2.12. The lowest BCUT2D eigenvalue weighted by molar-refractivity contribution is -0.120. The van der Waals surface area contributed by atoms with Gasteiger partial charge in [0.25, 0.3) is 23.3 Å². The van der Waals surface area contributed by atoms with Crippen LogP contribution in [0.1, 0.15) is 26.4 Å². The van der Waals surface area contributed by atoms with E-state index in [4.69, 9.17) is 0 Å². The first-order chi connectivity index (χ1) is 17.3. The van der Waals surface area contributed by atoms with E-state index in [-0.39, 0.29) is 23.2 Å². The third kappa shape index (κ3) is 5.41. The molecule has 0 aliphatic rings. The van der Waals surface area contributed by atoms with Gasteiger partial charge in [-0.25, -0.2) is 13.5 Å². The number of nitrogens with zero attached hydrogens (tertiary/aromatic N) is 2. The molecule has 4 rings (SSSR count). The lowest BCUT2D eigenvalue weighted by Crippen LogP contribution is -2.47. The normalized spacial score (nSPS) is 10.6. The van der Waals surface area contributed by atoms with E-state index in [2.05, 4.69) is 21.3 Å². The minimum absolute atomic E-state index is 0.0983. The molecule has 0 bridgehead atoms. The molecule has 1 heterocycles. The fraction of sp³-hybridized carbons (Fsp3) is 0.0800. The second kappa shape index (κ2) is 10.6. The standard InChI is InChI=1S/C25H19F2N5O4/c26-16-10-11-19(20(27)12-16)23(34)28-13-21(33)29-30-24(35)22-17-8-4-5-9-18(17)25(36)32(31-22)14-15-6-2-1-3-7-15/h1-12H,13-14H2,(H,28,34)(H,29,33)(H,30,35). The van der Waals surface area contributed by atoms with Crippen molar-refractivity contribution in [3.8, 4) is 0 Å². The smallest absolute Gasteiger partial charge is 0.290 e. The van der Waals surface area contributed by atoms with Crippen LogP contribution in [0.2, 0.25) is 0 Å². The second-order valence-corrected chi connectivity index (χ2v) is 7.65. The number of hydrogen-bond donors (Lipinski definition) is 3. The van der Waals surface area contributed by atoms with E-state index in [9.17, 15) is 28.0 Å². The molecule has 11 heteroatoms. The Labute approximate surface area is 202 Å². The average molecular weight is 491 g/mol. The van der Waals surface area contributed by atoms with Gasteiger partial charge >= 0.3 is 0 Å². The van der Waals surface area contributed by atoms with E-state index in [1.54, 1.807) is 24.3 Å². The molecule has 0 atom stereocenters. The highest BCUT2D eigenvalue weighted by Gasteiger charge is 2.18. The van der Waals surface area contributed by atoms with E-state index < -0.39 is 41.5 Å². The Hall–Kier alpha value is -4.93. The van der Waals surface area contributed by atoms with Gasteiger partial charge in [-0.15, -0.1) is 0 Å². The molecule has 4 aromatic rings. The first-order valence-corrected chi connectivity index (χ1v) is 10.7. The van der Waals surface area contributed by atoms with Crippen LogP contribution in [0, 0.1) is 11.6 Å². The first-order valence-electron chi connectivity index (χ1n) is 10.7. The van der Waals surface area contributed by atoms with Crippen molar-refractivity contribution in [2.24, 2.45) is 0 Å². The van der Waals surface area contributed by atoms with E-state index in [1.165, 1.54) is 0 Å². The number of rotatable bonds is 6. The highest BCUT2D eigenvalue weighted by atomic mass is 19.1. The number of benzene rings is 3. The zero-order chi connectivity index (χ0) is 25.7. The summed E-state index contributed by atoms with van der Waals surface area (Å²) in [6.07, 6.45) is 0. The summed E-state index contributed by atoms with van der Waals surface area (Å²) >= 11 is 0. The van der Waals surface area contributed by atoms with Crippen LogP contribution in [0.4, 0.5) is 8.78 Å². The molecule has 1 aromatic heterocycles. The van der Waals surface area contributed by atoms with Gasteiger partial charge in [0.15, 0.2) is 5.69 Å². The van der Waals surface area contributed by atoms with Crippen molar-refractivity contribution in [1.29, 1.82) is 0 Å². The molecule has 0 unspecified atom stereocenters. The molecule has 0 radical (unpaired) electrons. The zero-order valence-corrected chi connectivity index (χ0v) is 18.6. The van der Waals surface area contributed by atoms with Crippen LogP contribution >= 0.6 is 0 Å². The molecule has 0 aliphatic heterocycles. The largest absolute Gasteiger partial charge is 0.343 e. The Bertz CT molecular complexity index is 1520. The summed E-state index contributed by atoms with van der Waals surface area (Å²) in [5, 5.41) is 6.94. The van der Waals surface area contributed by atoms with Crippen LogP contribution < -0.4 is 21.7 Å². The molecule has 0 fully saturated rings. The summed E-state index contributed by atoms with van der Waals surface area (Å²) in [6, 6.07) is 17.9. The zero-order valence-electron chi connectivity index (χ0n) is 18.6. The summed E-state index contributed by atoms with van der Waals surface area (Å²) in [5.74, 6) is -4.47. The summed E-state index contributed by atoms with van der Waals surface area (Å²) in [6.45, 7) is -0.471. The predicted molar refractivity (Wildman–Crippen MR) is 126 cm³/mol. The molecular formula is C25H19F2N5O4. The topological polar surface area (TPSA) is 122 Å². The number of amides is 3. The van der Waals surface area contributed by atoms with Crippen LogP contribution in [0.5, 0.6) is 0 Å². The van der Waals surface area contributed by atoms with Gasteiger partial charge in [-0.2, -0.15) is 5.10 Å². The number of hydrazine groups is 1. The molecule has 3 N–H and O–H groups in total. The number of hydrogen-bond acceptors (Lipinski definition) is 5. The molecule has 0 aliphatic carbocycles. The Morgan fingerprint density at radius 2 is 1.53 bits per heavy atom. The number of carbonyl (C=O) groups is 3. The SMILES string of the molecule is O=C(CNC(=O)c1ccc(F)cc1F)NNC(=O)c1nn(Cc2ccccc2)c(=O)c2ccccc12. The van der Waals surface area contributed by atoms with Crippen LogP contribution in [-0.2, 0) is 11.3 Å². The van der Waals surface area contributed by atoms with Crippen molar-refractivity contribution >= 4 is 28.5 Å². The van der Waals surface area contributed by atoms with Gasteiger partial charge < -0.3 is 5.32 Å². The highest BCUT2D eigenvalue weighted by molar-refractivity contribution is 6.05. The molecule has 3 aromatic carbocycles. The molecule has 0 saturated heterocycles. The summed E-state index contributed by atoms with van der Waals surface area (Å²) in [5.41, 5.74) is 4.20. The van der Waals surface area contributed by atoms with Crippen LogP contribution in [-0.4, -0.2) is 34.0 Å². The third-order valence-electron chi connectivity index (χ3n) is 5.16. The number of carbonyl (C=O) groups excluding carboxylic acids is 3. The molecular weight excluding hydrogens is 472 g/mol. The van der Waals surface area contributed by atoms with Crippen LogP contribution in [0.15, 0.2) is 77.6 Å². The van der Waals surface area contributed by atoms with E-state index in [0.717, 1.165) is 22.4 Å². The Morgan fingerprint density at radius 3 is 2.25 bits per heavy atom. The lowest BCUT2D eigenvalue weighted by atomic mass is 10.1. The van der Waals surface area contributed by atoms with Gasteiger partial charge in [0, 0.05) is 11.5 Å². The van der Waals surface area contributed by atoms with E-state index >= 15 is 0 Å². The van der Waals surface area contributed by atoms with Crippen molar-refractivity contribution in [2.75, 3.05) is 6.54 Å². The second-order valence-electron chi connectivity index (χ2n) is 7.65. The minimum Gasteiger partial charge on any atom is -0.343 e. The summed E-state index contributed by atoms with van der Waals surface area (Å²) < 4.78 is 27.9. The Balaban J connectivity index is 1.45. The van der Waals surface area contributed by atoms with E-state index in [0.29, 0.717) is 11.5 Å². The molecule has 9 nitrogen and oxygen atoms in total. The van der Waals surface area contributed by atoms with Crippen LogP contribution in [0.25, 0.3) is 10.8 Å². The molecule has 36 heavy (non-hydrogen) atoms. The van der Waals surface area contributed by atoms with Crippen molar-refractivity contribution in [3.63, 3.8) is 0 Å². The summed E-state index contributed by atoms with van der Waals surface area (Å²) in [7, 11) is 0. The number of aromatic nitrogens is 2. The number of halogens is 2. The maximum atomic E-state index is 13.7. The molecule has 182 valence electrons. The summed E-state index contributed by atoms with van der Waals surface area (Å²) in [4.78, 5) is 49.9. The van der Waals surface area contributed by atoms with E-state index in [1.807, 2.05) is 30.3 Å².